The van der Waals surface area contributed by atoms with Gasteiger partial charge in [0, 0.05) is 25.0 Å². The van der Waals surface area contributed by atoms with Crippen molar-refractivity contribution in [2.24, 2.45) is 4.99 Å². The zero-order valence-corrected chi connectivity index (χ0v) is 23.3. The molecule has 0 aliphatic carbocycles. The van der Waals surface area contributed by atoms with Gasteiger partial charge in [-0.3, -0.25) is 0 Å². The summed E-state index contributed by atoms with van der Waals surface area (Å²) in [6, 6.07) is 25.5. The molecule has 1 aliphatic heterocycles. The highest BCUT2D eigenvalue weighted by Gasteiger charge is 2.25. The Morgan fingerprint density at radius 2 is 1.61 bits per heavy atom. The van der Waals surface area contributed by atoms with Gasteiger partial charge in [-0.15, -0.1) is 11.3 Å². The predicted octanol–water partition coefficient (Wildman–Crippen LogP) is 6.27. The summed E-state index contributed by atoms with van der Waals surface area (Å²) in [5.41, 5.74) is 4.11. The van der Waals surface area contributed by atoms with E-state index in [-0.39, 0.29) is 0 Å². The molecule has 0 saturated carbocycles. The molecule has 2 heterocycles. The van der Waals surface area contributed by atoms with Crippen LogP contribution >= 0.6 is 11.3 Å². The molecule has 0 radical (unpaired) electrons. The number of rotatable bonds is 9. The van der Waals surface area contributed by atoms with Crippen LogP contribution in [0.4, 0.5) is 5.69 Å². The van der Waals surface area contributed by atoms with E-state index in [1.165, 1.54) is 5.56 Å². The van der Waals surface area contributed by atoms with Crippen LogP contribution < -0.4 is 9.54 Å². The number of piperidine rings is 1. The first-order valence-electron chi connectivity index (χ1n) is 13.1. The van der Waals surface area contributed by atoms with Crippen LogP contribution in [0.25, 0.3) is 11.3 Å². The molecule has 38 heavy (non-hydrogen) atoms. The lowest BCUT2D eigenvalue weighted by Gasteiger charge is -2.25. The van der Waals surface area contributed by atoms with Gasteiger partial charge in [0.2, 0.25) is 10.0 Å². The van der Waals surface area contributed by atoms with Gasteiger partial charge >= 0.3 is 0 Å². The van der Waals surface area contributed by atoms with Gasteiger partial charge in [0.15, 0.2) is 4.80 Å². The Kier molecular flexibility index (Phi) is 8.42. The Hall–Kier alpha value is -3.20. The third kappa shape index (κ3) is 6.09. The average molecular weight is 548 g/mol. The smallest absolute Gasteiger partial charge is 0.243 e. The summed E-state index contributed by atoms with van der Waals surface area (Å²) < 4.78 is 35.7. The lowest BCUT2D eigenvalue weighted by molar-refractivity contribution is 0.340. The van der Waals surface area contributed by atoms with Gasteiger partial charge in [0.25, 0.3) is 0 Å². The molecule has 0 N–H and O–H groups in total. The quantitative estimate of drug-likeness (QED) is 0.248. The Bertz CT molecular complexity index is 1500. The summed E-state index contributed by atoms with van der Waals surface area (Å²) in [6.07, 6.45) is 3.81. The molecular weight excluding hydrogens is 514 g/mol. The van der Waals surface area contributed by atoms with E-state index in [9.17, 15) is 8.42 Å². The molecule has 3 aromatic carbocycles. The van der Waals surface area contributed by atoms with Crippen LogP contribution in [0, 0.1) is 0 Å². The average Bonchev–Trinajstić information content (AvgIpc) is 3.36. The third-order valence-corrected chi connectivity index (χ3v) is 9.52. The summed E-state index contributed by atoms with van der Waals surface area (Å²) in [5.74, 6) is 0.829. The van der Waals surface area contributed by atoms with Crippen molar-refractivity contribution in [1.29, 1.82) is 0 Å². The zero-order valence-electron chi connectivity index (χ0n) is 21.6. The van der Waals surface area contributed by atoms with Crippen molar-refractivity contribution in [1.82, 2.24) is 8.87 Å². The van der Waals surface area contributed by atoms with Crippen LogP contribution in [-0.2, 0) is 23.0 Å². The number of aryl methyl sites for hydroxylation is 1. The highest BCUT2D eigenvalue weighted by atomic mass is 32.2. The highest BCUT2D eigenvalue weighted by Crippen LogP contribution is 2.26. The standard InChI is InChI=1S/C30H33N3O3S2/c1-2-36-27-15-13-26(14-16-27)31-30-33(22-19-24-9-5-3-6-10-24)29(23-37-30)25-11-17-28(18-12-25)38(34,35)32-20-7-4-8-21-32/h3,5-6,9-18,23H,2,4,7-8,19-22H2,1H3. The molecule has 4 aromatic rings. The van der Waals surface area contributed by atoms with Crippen LogP contribution in [0.3, 0.4) is 0 Å². The molecular formula is C30H33N3O3S2. The number of thiazole rings is 1. The number of sulfonamides is 1. The van der Waals surface area contributed by atoms with Gasteiger partial charge < -0.3 is 9.30 Å². The first kappa shape index (κ1) is 26.4. The van der Waals surface area contributed by atoms with Gasteiger partial charge in [-0.25, -0.2) is 13.4 Å². The first-order chi connectivity index (χ1) is 18.5. The largest absolute Gasteiger partial charge is 0.494 e. The predicted molar refractivity (Wildman–Crippen MR) is 153 cm³/mol. The van der Waals surface area contributed by atoms with Crippen molar-refractivity contribution in [2.45, 2.75) is 44.0 Å². The number of ether oxygens (including phenoxy) is 1. The van der Waals surface area contributed by atoms with Crippen LogP contribution in [-0.4, -0.2) is 37.0 Å². The molecule has 0 amide bonds. The van der Waals surface area contributed by atoms with Gasteiger partial charge in [0.05, 0.1) is 22.9 Å². The summed E-state index contributed by atoms with van der Waals surface area (Å²) in [4.78, 5) is 6.19. The highest BCUT2D eigenvalue weighted by molar-refractivity contribution is 7.89. The Morgan fingerprint density at radius 3 is 2.29 bits per heavy atom. The molecule has 1 fully saturated rings. The van der Waals surface area contributed by atoms with E-state index in [2.05, 4.69) is 34.2 Å². The zero-order chi connectivity index (χ0) is 26.4. The molecule has 5 rings (SSSR count). The third-order valence-electron chi connectivity index (χ3n) is 6.74. The second kappa shape index (κ2) is 12.1. The molecule has 198 valence electrons. The maximum atomic E-state index is 13.1. The van der Waals surface area contributed by atoms with Gasteiger partial charge in [-0.2, -0.15) is 4.31 Å². The fraction of sp³-hybridized carbons (Fsp3) is 0.300. The number of benzene rings is 3. The van der Waals surface area contributed by atoms with Crippen molar-refractivity contribution in [3.05, 3.63) is 94.6 Å². The first-order valence-corrected chi connectivity index (χ1v) is 15.5. The fourth-order valence-corrected chi connectivity index (χ4v) is 7.17. The van der Waals surface area contributed by atoms with Crippen molar-refractivity contribution < 1.29 is 13.2 Å². The molecule has 0 unspecified atom stereocenters. The van der Waals surface area contributed by atoms with Crippen molar-refractivity contribution in [3.8, 4) is 17.0 Å². The second-order valence-corrected chi connectivity index (χ2v) is 12.1. The molecule has 1 aromatic heterocycles. The van der Waals surface area contributed by atoms with Crippen molar-refractivity contribution >= 4 is 27.0 Å². The number of hydrogen-bond donors (Lipinski definition) is 0. The molecule has 8 heteroatoms. The maximum absolute atomic E-state index is 13.1. The minimum Gasteiger partial charge on any atom is -0.494 e. The Balaban J connectivity index is 1.47. The Labute approximate surface area is 228 Å². The molecule has 0 bridgehead atoms. The Morgan fingerprint density at radius 1 is 0.895 bits per heavy atom. The van der Waals surface area contributed by atoms with E-state index in [0.29, 0.717) is 24.6 Å². The number of hydrogen-bond acceptors (Lipinski definition) is 5. The van der Waals surface area contributed by atoms with Crippen LogP contribution in [0.5, 0.6) is 5.75 Å². The molecule has 1 saturated heterocycles. The van der Waals surface area contributed by atoms with Gasteiger partial charge in [-0.05, 0) is 73.7 Å². The van der Waals surface area contributed by atoms with Crippen LogP contribution in [0.15, 0.2) is 94.1 Å². The number of aromatic nitrogens is 1. The van der Waals surface area contributed by atoms with E-state index in [0.717, 1.165) is 59.7 Å². The van der Waals surface area contributed by atoms with E-state index >= 15 is 0 Å². The minimum absolute atomic E-state index is 0.355. The van der Waals surface area contributed by atoms with Gasteiger partial charge in [-0.1, -0.05) is 48.9 Å². The molecule has 6 nitrogen and oxygen atoms in total. The topological polar surface area (TPSA) is 63.9 Å². The molecule has 0 spiro atoms. The summed E-state index contributed by atoms with van der Waals surface area (Å²) >= 11 is 1.59. The summed E-state index contributed by atoms with van der Waals surface area (Å²) in [5, 5.41) is 2.10. The minimum atomic E-state index is -3.46. The van der Waals surface area contributed by atoms with E-state index < -0.39 is 10.0 Å². The molecule has 1 aliphatic rings. The SMILES string of the molecule is CCOc1ccc(N=c2scc(-c3ccc(S(=O)(=O)N4CCCCC4)cc3)n2CCc2ccccc2)cc1. The van der Waals surface area contributed by atoms with E-state index in [1.807, 2.05) is 49.4 Å². The fourth-order valence-electron chi connectivity index (χ4n) is 4.70. The molecule has 0 atom stereocenters. The van der Waals surface area contributed by atoms with E-state index in [1.54, 1.807) is 27.8 Å². The van der Waals surface area contributed by atoms with Crippen molar-refractivity contribution in [2.75, 3.05) is 19.7 Å². The normalized spacial score (nSPS) is 15.0. The lowest BCUT2D eigenvalue weighted by Crippen LogP contribution is -2.35. The number of nitrogens with zero attached hydrogens (tertiary/aromatic N) is 3. The summed E-state index contributed by atoms with van der Waals surface area (Å²) in [6.45, 7) is 4.56. The van der Waals surface area contributed by atoms with Crippen molar-refractivity contribution in [3.63, 3.8) is 0 Å². The lowest BCUT2D eigenvalue weighted by atomic mass is 10.1. The van der Waals surface area contributed by atoms with Crippen LogP contribution in [0.1, 0.15) is 31.7 Å². The summed E-state index contributed by atoms with van der Waals surface area (Å²) in [7, 11) is -3.46. The second-order valence-electron chi connectivity index (χ2n) is 9.32. The van der Waals surface area contributed by atoms with E-state index in [4.69, 9.17) is 9.73 Å². The monoisotopic (exact) mass is 547 g/mol. The van der Waals surface area contributed by atoms with Gasteiger partial charge in [0.1, 0.15) is 5.75 Å². The van der Waals surface area contributed by atoms with Crippen LogP contribution in [0.2, 0.25) is 0 Å². The maximum Gasteiger partial charge on any atom is 0.243 e.